The van der Waals surface area contributed by atoms with E-state index in [0.717, 1.165) is 64.2 Å². The molecule has 0 saturated heterocycles. The average molecular weight is 1010 g/mol. The lowest BCUT2D eigenvalue weighted by Gasteiger charge is -2.18. The maximum atomic E-state index is 12.8. The minimum atomic E-state index is -0.770. The van der Waals surface area contributed by atoms with E-state index in [1.54, 1.807) is 0 Å². The molecule has 0 spiro atoms. The molecule has 0 amide bonds. The Morgan fingerprint density at radius 2 is 0.458 bits per heavy atom. The van der Waals surface area contributed by atoms with Crippen LogP contribution in [0.4, 0.5) is 0 Å². The second-order valence-corrected chi connectivity index (χ2v) is 22.0. The summed E-state index contributed by atoms with van der Waals surface area (Å²) < 4.78 is 16.9. The van der Waals surface area contributed by atoms with Gasteiger partial charge in [0.2, 0.25) is 0 Å². The second-order valence-electron chi connectivity index (χ2n) is 22.0. The van der Waals surface area contributed by atoms with Gasteiger partial charge in [-0.3, -0.25) is 14.4 Å². The molecule has 0 fully saturated rings. The highest BCUT2D eigenvalue weighted by Gasteiger charge is 2.19. The van der Waals surface area contributed by atoms with Crippen molar-refractivity contribution in [3.8, 4) is 0 Å². The summed E-state index contributed by atoms with van der Waals surface area (Å²) in [6, 6.07) is 0. The van der Waals surface area contributed by atoms with Crippen LogP contribution in [0.15, 0.2) is 24.3 Å². The number of allylic oxidation sites excluding steroid dienone is 4. The summed E-state index contributed by atoms with van der Waals surface area (Å²) >= 11 is 0. The zero-order chi connectivity index (χ0) is 52.2. The molecule has 6 nitrogen and oxygen atoms in total. The fourth-order valence-electron chi connectivity index (χ4n) is 9.79. The van der Waals surface area contributed by atoms with Crippen molar-refractivity contribution < 1.29 is 28.6 Å². The Kier molecular flexibility index (Phi) is 59.6. The number of hydrogen-bond donors (Lipinski definition) is 0. The summed E-state index contributed by atoms with van der Waals surface area (Å²) in [6.45, 7) is 6.67. The largest absolute Gasteiger partial charge is 0.462 e. The molecule has 0 aliphatic rings. The Hall–Kier alpha value is -2.11. The Morgan fingerprint density at radius 1 is 0.264 bits per heavy atom. The molecule has 72 heavy (non-hydrogen) atoms. The molecule has 0 aliphatic carbocycles. The topological polar surface area (TPSA) is 78.9 Å². The molecule has 1 unspecified atom stereocenters. The molecule has 0 aromatic rings. The van der Waals surface area contributed by atoms with Crippen molar-refractivity contribution in [2.45, 2.75) is 367 Å². The Bertz CT molecular complexity index is 1160. The van der Waals surface area contributed by atoms with Crippen LogP contribution in [0.3, 0.4) is 0 Å². The first-order chi connectivity index (χ1) is 35.5. The van der Waals surface area contributed by atoms with Crippen LogP contribution in [0.25, 0.3) is 0 Å². The van der Waals surface area contributed by atoms with Gasteiger partial charge >= 0.3 is 17.9 Å². The van der Waals surface area contributed by atoms with Gasteiger partial charge in [0.15, 0.2) is 6.10 Å². The molecule has 0 aromatic carbocycles. The van der Waals surface area contributed by atoms with Gasteiger partial charge in [-0.2, -0.15) is 0 Å². The SMILES string of the molecule is CCCCCC/C=C\CCCCCCCC(=O)OC(COC(=O)CCCCCCCCCCCCCC)COC(=O)CCCCCCCCCCCCCCCCCCC/C=C\CCCCCCCCCC. The van der Waals surface area contributed by atoms with E-state index in [1.807, 2.05) is 0 Å². The number of ether oxygens (including phenoxy) is 3. The van der Waals surface area contributed by atoms with Crippen molar-refractivity contribution in [2.24, 2.45) is 0 Å². The van der Waals surface area contributed by atoms with Gasteiger partial charge in [-0.05, 0) is 70.6 Å². The van der Waals surface area contributed by atoms with E-state index in [-0.39, 0.29) is 31.1 Å². The summed E-state index contributed by atoms with van der Waals surface area (Å²) in [5, 5.41) is 0. The van der Waals surface area contributed by atoms with Crippen LogP contribution in [-0.4, -0.2) is 37.2 Å². The number of rotatable bonds is 60. The van der Waals surface area contributed by atoms with Gasteiger partial charge in [0, 0.05) is 19.3 Å². The molecule has 0 N–H and O–H groups in total. The highest BCUT2D eigenvalue weighted by Crippen LogP contribution is 2.18. The van der Waals surface area contributed by atoms with Crippen LogP contribution in [-0.2, 0) is 28.6 Å². The van der Waals surface area contributed by atoms with Crippen LogP contribution in [0.5, 0.6) is 0 Å². The van der Waals surface area contributed by atoms with Gasteiger partial charge in [0.1, 0.15) is 13.2 Å². The third kappa shape index (κ3) is 58.8. The lowest BCUT2D eigenvalue weighted by molar-refractivity contribution is -0.167. The van der Waals surface area contributed by atoms with Crippen molar-refractivity contribution in [3.05, 3.63) is 24.3 Å². The van der Waals surface area contributed by atoms with E-state index in [9.17, 15) is 14.4 Å². The molecule has 0 aromatic heterocycles. The fourth-order valence-corrected chi connectivity index (χ4v) is 9.79. The smallest absolute Gasteiger partial charge is 0.306 e. The Morgan fingerprint density at radius 3 is 0.708 bits per heavy atom. The number of carbonyl (C=O) groups is 3. The molecule has 0 saturated carbocycles. The van der Waals surface area contributed by atoms with Crippen LogP contribution in [0.1, 0.15) is 361 Å². The van der Waals surface area contributed by atoms with Crippen molar-refractivity contribution in [1.29, 1.82) is 0 Å². The molecule has 424 valence electrons. The van der Waals surface area contributed by atoms with Crippen molar-refractivity contribution in [2.75, 3.05) is 13.2 Å². The van der Waals surface area contributed by atoms with Crippen molar-refractivity contribution in [3.63, 3.8) is 0 Å². The zero-order valence-corrected chi connectivity index (χ0v) is 48.7. The van der Waals surface area contributed by atoms with E-state index >= 15 is 0 Å². The van der Waals surface area contributed by atoms with Gasteiger partial charge < -0.3 is 14.2 Å². The van der Waals surface area contributed by atoms with Crippen molar-refractivity contribution >= 4 is 17.9 Å². The maximum absolute atomic E-state index is 12.8. The first-order valence-electron chi connectivity index (χ1n) is 32.3. The number of hydrogen-bond acceptors (Lipinski definition) is 6. The van der Waals surface area contributed by atoms with E-state index in [0.29, 0.717) is 19.3 Å². The quantitative estimate of drug-likeness (QED) is 0.0261. The van der Waals surface area contributed by atoms with Gasteiger partial charge in [0.05, 0.1) is 0 Å². The monoisotopic (exact) mass is 1010 g/mol. The number of esters is 3. The van der Waals surface area contributed by atoms with Crippen LogP contribution in [0.2, 0.25) is 0 Å². The van der Waals surface area contributed by atoms with E-state index in [4.69, 9.17) is 14.2 Å². The second kappa shape index (κ2) is 61.4. The zero-order valence-electron chi connectivity index (χ0n) is 48.7. The lowest BCUT2D eigenvalue weighted by atomic mass is 10.0. The van der Waals surface area contributed by atoms with Crippen LogP contribution in [0, 0.1) is 0 Å². The summed E-state index contributed by atoms with van der Waals surface area (Å²) in [6.07, 6.45) is 73.5. The number of unbranched alkanes of at least 4 members (excludes halogenated alkanes) is 45. The molecule has 0 rings (SSSR count). The fraction of sp³-hybridized carbons (Fsp3) is 0.894. The van der Waals surface area contributed by atoms with E-state index < -0.39 is 6.10 Å². The normalized spacial score (nSPS) is 12.1. The van der Waals surface area contributed by atoms with Gasteiger partial charge in [-0.15, -0.1) is 0 Å². The van der Waals surface area contributed by atoms with Crippen LogP contribution >= 0.6 is 0 Å². The summed E-state index contributed by atoms with van der Waals surface area (Å²) in [5.41, 5.74) is 0. The molecular formula is C66H124O6. The summed E-state index contributed by atoms with van der Waals surface area (Å²) in [7, 11) is 0. The summed E-state index contributed by atoms with van der Waals surface area (Å²) in [4.78, 5) is 38.2. The Labute approximate surface area is 449 Å². The first-order valence-corrected chi connectivity index (χ1v) is 32.3. The minimum Gasteiger partial charge on any atom is -0.462 e. The van der Waals surface area contributed by atoms with Gasteiger partial charge in [0.25, 0.3) is 0 Å². The molecular weight excluding hydrogens is 889 g/mol. The molecule has 6 heteroatoms. The highest BCUT2D eigenvalue weighted by atomic mass is 16.6. The van der Waals surface area contributed by atoms with E-state index in [2.05, 4.69) is 45.1 Å². The molecule has 0 aliphatic heterocycles. The molecule has 0 radical (unpaired) electrons. The third-order valence-corrected chi connectivity index (χ3v) is 14.7. The van der Waals surface area contributed by atoms with Gasteiger partial charge in [-0.1, -0.05) is 295 Å². The van der Waals surface area contributed by atoms with Gasteiger partial charge in [-0.25, -0.2) is 0 Å². The predicted molar refractivity (Wildman–Crippen MR) is 312 cm³/mol. The lowest BCUT2D eigenvalue weighted by Crippen LogP contribution is -2.30. The average Bonchev–Trinajstić information content (AvgIpc) is 3.38. The first kappa shape index (κ1) is 69.9. The van der Waals surface area contributed by atoms with E-state index in [1.165, 1.54) is 257 Å². The molecule has 1 atom stereocenters. The molecule has 0 heterocycles. The summed E-state index contributed by atoms with van der Waals surface area (Å²) in [5.74, 6) is -0.855. The number of carbonyl (C=O) groups excluding carboxylic acids is 3. The molecule has 0 bridgehead atoms. The Balaban J connectivity index is 4.10. The predicted octanol–water partition coefficient (Wildman–Crippen LogP) is 21.8. The highest BCUT2D eigenvalue weighted by molar-refractivity contribution is 5.71. The third-order valence-electron chi connectivity index (χ3n) is 14.7. The minimum absolute atomic E-state index is 0.0691. The van der Waals surface area contributed by atoms with Crippen molar-refractivity contribution in [1.82, 2.24) is 0 Å². The standard InChI is InChI=1S/C66H124O6/c1-4-7-10-13-16-19-22-25-26-27-28-29-30-31-32-33-34-35-36-37-38-39-40-42-44-47-50-53-56-59-65(68)71-62-63(61-70-64(67)58-55-52-49-46-43-24-21-18-15-12-9-6-3)72-66(69)60-57-54-51-48-45-41-23-20-17-14-11-8-5-2/h20,23,27-28,63H,4-19,21-22,24-26,29-62H2,1-3H3/b23-20-,28-27-. The van der Waals surface area contributed by atoms with Crippen LogP contribution < -0.4 is 0 Å². The maximum Gasteiger partial charge on any atom is 0.306 e.